The van der Waals surface area contributed by atoms with E-state index in [-0.39, 0.29) is 18.4 Å². The SMILES string of the molecule is O=C(O)CCC1CCN(C(=O)[C@H]2CCCO2)C1. The minimum Gasteiger partial charge on any atom is -0.481 e. The van der Waals surface area contributed by atoms with E-state index in [0.29, 0.717) is 25.5 Å². The van der Waals surface area contributed by atoms with Crippen molar-refractivity contribution >= 4 is 11.9 Å². The van der Waals surface area contributed by atoms with E-state index in [0.717, 1.165) is 25.8 Å². The van der Waals surface area contributed by atoms with E-state index >= 15 is 0 Å². The normalized spacial score (nSPS) is 28.6. The van der Waals surface area contributed by atoms with Gasteiger partial charge in [0.25, 0.3) is 5.91 Å². The number of hydrogen-bond acceptors (Lipinski definition) is 3. The van der Waals surface area contributed by atoms with Crippen molar-refractivity contribution in [1.29, 1.82) is 0 Å². The predicted molar refractivity (Wildman–Crippen MR) is 60.5 cm³/mol. The van der Waals surface area contributed by atoms with Crippen LogP contribution in [0.1, 0.15) is 32.1 Å². The molecule has 2 atom stereocenters. The van der Waals surface area contributed by atoms with Crippen LogP contribution >= 0.6 is 0 Å². The molecule has 2 rings (SSSR count). The molecule has 96 valence electrons. The molecule has 5 nitrogen and oxygen atoms in total. The molecule has 0 aromatic carbocycles. The summed E-state index contributed by atoms with van der Waals surface area (Å²) in [6.45, 7) is 2.14. The van der Waals surface area contributed by atoms with Crippen LogP contribution in [0.15, 0.2) is 0 Å². The highest BCUT2D eigenvalue weighted by Crippen LogP contribution is 2.24. The Morgan fingerprint density at radius 2 is 2.18 bits per heavy atom. The number of ether oxygens (including phenoxy) is 1. The third-order valence-corrected chi connectivity index (χ3v) is 3.57. The van der Waals surface area contributed by atoms with Crippen LogP contribution in [0, 0.1) is 5.92 Å². The molecule has 17 heavy (non-hydrogen) atoms. The van der Waals surface area contributed by atoms with Gasteiger partial charge < -0.3 is 14.7 Å². The van der Waals surface area contributed by atoms with Crippen molar-refractivity contribution in [1.82, 2.24) is 4.90 Å². The minimum atomic E-state index is -0.756. The Labute approximate surface area is 101 Å². The smallest absolute Gasteiger partial charge is 0.303 e. The van der Waals surface area contributed by atoms with E-state index in [9.17, 15) is 9.59 Å². The van der Waals surface area contributed by atoms with Crippen LogP contribution in [0.2, 0.25) is 0 Å². The van der Waals surface area contributed by atoms with Crippen molar-refractivity contribution in [3.8, 4) is 0 Å². The molecular weight excluding hydrogens is 222 g/mol. The first kappa shape index (κ1) is 12.4. The lowest BCUT2D eigenvalue weighted by molar-refractivity contribution is -0.139. The summed E-state index contributed by atoms with van der Waals surface area (Å²) in [5.41, 5.74) is 0. The van der Waals surface area contributed by atoms with Crippen LogP contribution in [0.4, 0.5) is 0 Å². The molecule has 2 aliphatic heterocycles. The molecule has 0 radical (unpaired) electrons. The Morgan fingerprint density at radius 1 is 1.35 bits per heavy atom. The van der Waals surface area contributed by atoms with E-state index in [1.165, 1.54) is 0 Å². The Balaban J connectivity index is 1.76. The zero-order valence-electron chi connectivity index (χ0n) is 9.93. The lowest BCUT2D eigenvalue weighted by Crippen LogP contribution is -2.37. The number of carboxylic acid groups (broad SMARTS) is 1. The average molecular weight is 241 g/mol. The van der Waals surface area contributed by atoms with E-state index in [1.54, 1.807) is 0 Å². The van der Waals surface area contributed by atoms with Gasteiger partial charge in [0.2, 0.25) is 0 Å². The number of likely N-dealkylation sites (tertiary alicyclic amines) is 1. The summed E-state index contributed by atoms with van der Waals surface area (Å²) in [4.78, 5) is 24.3. The maximum Gasteiger partial charge on any atom is 0.303 e. The van der Waals surface area contributed by atoms with Crippen molar-refractivity contribution in [2.75, 3.05) is 19.7 Å². The minimum absolute atomic E-state index is 0.0975. The second kappa shape index (κ2) is 5.49. The average Bonchev–Trinajstić information content (AvgIpc) is 2.97. The first-order valence-corrected chi connectivity index (χ1v) is 6.29. The van der Waals surface area contributed by atoms with Gasteiger partial charge in [-0.1, -0.05) is 0 Å². The summed E-state index contributed by atoms with van der Waals surface area (Å²) in [6, 6.07) is 0. The van der Waals surface area contributed by atoms with Gasteiger partial charge >= 0.3 is 5.97 Å². The first-order valence-electron chi connectivity index (χ1n) is 6.29. The summed E-state index contributed by atoms with van der Waals surface area (Å²) < 4.78 is 5.38. The molecule has 0 aliphatic carbocycles. The van der Waals surface area contributed by atoms with Gasteiger partial charge in [-0.15, -0.1) is 0 Å². The van der Waals surface area contributed by atoms with Gasteiger partial charge in [-0.2, -0.15) is 0 Å². The number of rotatable bonds is 4. The van der Waals surface area contributed by atoms with Crippen LogP contribution in [-0.4, -0.2) is 47.7 Å². The number of amides is 1. The molecule has 1 unspecified atom stereocenters. The summed E-state index contributed by atoms with van der Waals surface area (Å²) in [6.07, 6.45) is 3.35. The zero-order valence-corrected chi connectivity index (χ0v) is 9.93. The van der Waals surface area contributed by atoms with Gasteiger partial charge in [0.05, 0.1) is 0 Å². The highest BCUT2D eigenvalue weighted by Gasteiger charge is 2.32. The number of aliphatic carboxylic acids is 1. The van der Waals surface area contributed by atoms with Crippen LogP contribution in [-0.2, 0) is 14.3 Å². The summed E-state index contributed by atoms with van der Waals surface area (Å²) in [5, 5.41) is 8.62. The van der Waals surface area contributed by atoms with Gasteiger partial charge in [0, 0.05) is 26.1 Å². The van der Waals surface area contributed by atoms with Crippen LogP contribution in [0.3, 0.4) is 0 Å². The van der Waals surface area contributed by atoms with E-state index in [2.05, 4.69) is 0 Å². The fourth-order valence-corrected chi connectivity index (χ4v) is 2.57. The standard InChI is InChI=1S/C12H19NO4/c14-11(15)4-3-9-5-6-13(8-9)12(16)10-2-1-7-17-10/h9-10H,1-8H2,(H,14,15)/t9?,10-/m1/s1. The number of hydrogen-bond donors (Lipinski definition) is 1. The third-order valence-electron chi connectivity index (χ3n) is 3.57. The highest BCUT2D eigenvalue weighted by molar-refractivity contribution is 5.81. The predicted octanol–water partition coefficient (Wildman–Crippen LogP) is 0.879. The maximum absolute atomic E-state index is 12.0. The molecule has 0 saturated carbocycles. The van der Waals surface area contributed by atoms with Crippen molar-refractivity contribution < 1.29 is 19.4 Å². The van der Waals surface area contributed by atoms with E-state index in [1.807, 2.05) is 4.90 Å². The molecular formula is C12H19NO4. The fraction of sp³-hybridized carbons (Fsp3) is 0.833. The first-order chi connectivity index (χ1) is 8.16. The van der Waals surface area contributed by atoms with E-state index < -0.39 is 5.97 Å². The largest absolute Gasteiger partial charge is 0.481 e. The molecule has 2 saturated heterocycles. The molecule has 0 bridgehead atoms. The lowest BCUT2D eigenvalue weighted by Gasteiger charge is -2.20. The van der Waals surface area contributed by atoms with Crippen LogP contribution < -0.4 is 0 Å². The molecule has 2 aliphatic rings. The van der Waals surface area contributed by atoms with Gasteiger partial charge in [-0.05, 0) is 31.6 Å². The van der Waals surface area contributed by atoms with Crippen LogP contribution in [0.5, 0.6) is 0 Å². The second-order valence-electron chi connectivity index (χ2n) is 4.87. The lowest BCUT2D eigenvalue weighted by atomic mass is 10.0. The van der Waals surface area contributed by atoms with Crippen molar-refractivity contribution in [3.63, 3.8) is 0 Å². The van der Waals surface area contributed by atoms with E-state index in [4.69, 9.17) is 9.84 Å². The quantitative estimate of drug-likeness (QED) is 0.793. The number of carbonyl (C=O) groups excluding carboxylic acids is 1. The number of carbonyl (C=O) groups is 2. The number of nitrogens with zero attached hydrogens (tertiary/aromatic N) is 1. The van der Waals surface area contributed by atoms with Crippen LogP contribution in [0.25, 0.3) is 0 Å². The molecule has 0 aromatic rings. The molecule has 0 aromatic heterocycles. The molecule has 1 N–H and O–H groups in total. The maximum atomic E-state index is 12.0. The third kappa shape index (κ3) is 3.19. The monoisotopic (exact) mass is 241 g/mol. The van der Waals surface area contributed by atoms with Gasteiger partial charge in [-0.25, -0.2) is 0 Å². The van der Waals surface area contributed by atoms with Gasteiger partial charge in [-0.3, -0.25) is 9.59 Å². The Kier molecular flexibility index (Phi) is 3.99. The topological polar surface area (TPSA) is 66.8 Å². The second-order valence-corrected chi connectivity index (χ2v) is 4.87. The molecule has 2 heterocycles. The summed E-state index contributed by atoms with van der Waals surface area (Å²) >= 11 is 0. The summed E-state index contributed by atoms with van der Waals surface area (Å²) in [5.74, 6) is -0.314. The van der Waals surface area contributed by atoms with Gasteiger partial charge in [0.1, 0.15) is 6.10 Å². The highest BCUT2D eigenvalue weighted by atomic mass is 16.5. The van der Waals surface area contributed by atoms with Gasteiger partial charge in [0.15, 0.2) is 0 Å². The molecule has 0 spiro atoms. The van der Waals surface area contributed by atoms with Crippen molar-refractivity contribution in [3.05, 3.63) is 0 Å². The number of carboxylic acids is 1. The zero-order chi connectivity index (χ0) is 12.3. The molecule has 5 heteroatoms. The summed E-state index contributed by atoms with van der Waals surface area (Å²) in [7, 11) is 0. The fourth-order valence-electron chi connectivity index (χ4n) is 2.57. The Morgan fingerprint density at radius 3 is 2.82 bits per heavy atom. The van der Waals surface area contributed by atoms with Crippen molar-refractivity contribution in [2.45, 2.75) is 38.2 Å². The Bertz CT molecular complexity index is 299. The molecule has 2 fully saturated rings. The Hall–Kier alpha value is -1.10. The molecule has 1 amide bonds. The van der Waals surface area contributed by atoms with Crippen molar-refractivity contribution in [2.24, 2.45) is 5.92 Å².